The van der Waals surface area contributed by atoms with Gasteiger partial charge in [-0.2, -0.15) is 0 Å². The molecule has 7 nitrogen and oxygen atoms in total. The van der Waals surface area contributed by atoms with Gasteiger partial charge in [0.25, 0.3) is 0 Å². The van der Waals surface area contributed by atoms with Gasteiger partial charge in [-0.1, -0.05) is 12.8 Å². The second-order valence-electron chi connectivity index (χ2n) is 7.27. The van der Waals surface area contributed by atoms with Crippen molar-refractivity contribution in [2.45, 2.75) is 70.6 Å². The molecule has 2 N–H and O–H groups in total. The van der Waals surface area contributed by atoms with Gasteiger partial charge in [0.1, 0.15) is 12.4 Å². The molecule has 1 atom stereocenters. The van der Waals surface area contributed by atoms with Gasteiger partial charge in [-0.25, -0.2) is 4.99 Å². The molecule has 1 aliphatic carbocycles. The number of hydrogen-bond acceptors (Lipinski definition) is 4. The highest BCUT2D eigenvalue weighted by atomic mass is 16.5. The fourth-order valence-electron chi connectivity index (χ4n) is 3.40. The maximum absolute atomic E-state index is 5.87. The molecule has 1 saturated carbocycles. The zero-order chi connectivity index (χ0) is 17.0. The van der Waals surface area contributed by atoms with E-state index in [9.17, 15) is 0 Å². The van der Waals surface area contributed by atoms with Crippen LogP contribution in [0.3, 0.4) is 0 Å². The van der Waals surface area contributed by atoms with Crippen molar-refractivity contribution in [1.82, 2.24) is 25.4 Å². The van der Waals surface area contributed by atoms with Gasteiger partial charge in [0.15, 0.2) is 11.8 Å². The molecule has 2 fully saturated rings. The minimum absolute atomic E-state index is 0.0838. The zero-order valence-corrected chi connectivity index (χ0v) is 15.1. The third kappa shape index (κ3) is 4.26. The molecule has 7 heteroatoms. The quantitative estimate of drug-likeness (QED) is 0.633. The predicted octanol–water partition coefficient (Wildman–Crippen LogP) is 1.67. The van der Waals surface area contributed by atoms with Crippen LogP contribution in [0.25, 0.3) is 0 Å². The molecule has 2 heterocycles. The van der Waals surface area contributed by atoms with E-state index in [1.807, 2.05) is 18.5 Å². The first-order valence-corrected chi connectivity index (χ1v) is 9.09. The first-order valence-electron chi connectivity index (χ1n) is 9.09. The van der Waals surface area contributed by atoms with Crippen LogP contribution in [-0.4, -0.2) is 45.5 Å². The van der Waals surface area contributed by atoms with Crippen molar-refractivity contribution in [2.24, 2.45) is 12.0 Å². The van der Waals surface area contributed by atoms with Crippen molar-refractivity contribution in [1.29, 1.82) is 0 Å². The molecule has 0 amide bonds. The number of nitrogens with zero attached hydrogens (tertiary/aromatic N) is 4. The summed E-state index contributed by atoms with van der Waals surface area (Å²) in [4.78, 5) is 4.74. The first-order chi connectivity index (χ1) is 11.6. The van der Waals surface area contributed by atoms with Gasteiger partial charge in [0.2, 0.25) is 0 Å². The molecule has 1 aliphatic heterocycles. The summed E-state index contributed by atoms with van der Waals surface area (Å²) < 4.78 is 7.86. The molecule has 1 aromatic rings. The Labute approximate surface area is 144 Å². The second-order valence-corrected chi connectivity index (χ2v) is 7.27. The molecular weight excluding hydrogens is 304 g/mol. The van der Waals surface area contributed by atoms with E-state index in [0.29, 0.717) is 12.6 Å². The van der Waals surface area contributed by atoms with Crippen LogP contribution < -0.4 is 10.6 Å². The van der Waals surface area contributed by atoms with Crippen molar-refractivity contribution in [3.63, 3.8) is 0 Å². The Balaban J connectivity index is 1.63. The van der Waals surface area contributed by atoms with Crippen molar-refractivity contribution in [3.8, 4) is 0 Å². The fourth-order valence-corrected chi connectivity index (χ4v) is 3.40. The van der Waals surface area contributed by atoms with E-state index < -0.39 is 0 Å². The molecule has 3 rings (SSSR count). The SMILES string of the molecule is Cc1nnc(CN=C(NCC2(C)CCCO2)NC2CCCC2)n1C. The summed E-state index contributed by atoms with van der Waals surface area (Å²) in [5.41, 5.74) is -0.0838. The molecular formula is C17H30N6O. The number of aliphatic imine (C=N–C) groups is 1. The Kier molecular flexibility index (Phi) is 5.38. The highest BCUT2D eigenvalue weighted by Crippen LogP contribution is 2.24. The lowest BCUT2D eigenvalue weighted by molar-refractivity contribution is 0.0242. The summed E-state index contributed by atoms with van der Waals surface area (Å²) in [7, 11) is 1.98. The number of guanidine groups is 1. The van der Waals surface area contributed by atoms with E-state index in [2.05, 4.69) is 27.8 Å². The number of nitrogens with one attached hydrogen (secondary N) is 2. The smallest absolute Gasteiger partial charge is 0.192 e. The lowest BCUT2D eigenvalue weighted by Gasteiger charge is -2.26. The number of ether oxygens (including phenoxy) is 1. The van der Waals surface area contributed by atoms with E-state index in [1.165, 1.54) is 25.7 Å². The lowest BCUT2D eigenvalue weighted by Crippen LogP contribution is -2.48. The minimum atomic E-state index is -0.0838. The van der Waals surface area contributed by atoms with E-state index >= 15 is 0 Å². The maximum atomic E-state index is 5.87. The van der Waals surface area contributed by atoms with Crippen molar-refractivity contribution >= 4 is 5.96 Å². The summed E-state index contributed by atoms with van der Waals surface area (Å²) in [5.74, 6) is 2.65. The third-order valence-corrected chi connectivity index (χ3v) is 5.19. The van der Waals surface area contributed by atoms with Crippen LogP contribution in [0.15, 0.2) is 4.99 Å². The molecule has 1 unspecified atom stereocenters. The second kappa shape index (κ2) is 7.51. The number of rotatable bonds is 5. The van der Waals surface area contributed by atoms with Crippen LogP contribution in [0, 0.1) is 6.92 Å². The fraction of sp³-hybridized carbons (Fsp3) is 0.824. The van der Waals surface area contributed by atoms with Crippen molar-refractivity contribution in [3.05, 3.63) is 11.6 Å². The summed E-state index contributed by atoms with van der Waals surface area (Å²) in [6, 6.07) is 0.523. The molecule has 2 aliphatic rings. The van der Waals surface area contributed by atoms with Crippen LogP contribution >= 0.6 is 0 Å². The molecule has 0 aromatic carbocycles. The van der Waals surface area contributed by atoms with E-state index in [4.69, 9.17) is 9.73 Å². The van der Waals surface area contributed by atoms with Crippen LogP contribution in [0.2, 0.25) is 0 Å². The normalized spacial score (nSPS) is 25.4. The molecule has 24 heavy (non-hydrogen) atoms. The molecule has 0 bridgehead atoms. The van der Waals surface area contributed by atoms with Crippen LogP contribution in [0.5, 0.6) is 0 Å². The standard InChI is InChI=1S/C17H30N6O/c1-13-21-22-15(23(13)3)11-18-16(20-14-7-4-5-8-14)19-12-17(2)9-6-10-24-17/h14H,4-12H2,1-3H3,(H2,18,19,20). The zero-order valence-electron chi connectivity index (χ0n) is 15.1. The average Bonchev–Trinajstić information content (AvgIpc) is 3.29. The highest BCUT2D eigenvalue weighted by molar-refractivity contribution is 5.80. The van der Waals surface area contributed by atoms with Gasteiger partial charge >= 0.3 is 0 Å². The Hall–Kier alpha value is -1.63. The van der Waals surface area contributed by atoms with Crippen LogP contribution in [0.1, 0.15) is 57.1 Å². The Morgan fingerprint density at radius 2 is 2.12 bits per heavy atom. The van der Waals surface area contributed by atoms with Gasteiger partial charge < -0.3 is 19.9 Å². The van der Waals surface area contributed by atoms with Crippen molar-refractivity contribution < 1.29 is 4.74 Å². The molecule has 0 radical (unpaired) electrons. The van der Waals surface area contributed by atoms with Gasteiger partial charge in [-0.15, -0.1) is 10.2 Å². The molecule has 134 valence electrons. The van der Waals surface area contributed by atoms with E-state index in [0.717, 1.165) is 43.6 Å². The summed E-state index contributed by atoms with van der Waals surface area (Å²) in [5, 5.41) is 15.4. The summed E-state index contributed by atoms with van der Waals surface area (Å²) >= 11 is 0. The summed E-state index contributed by atoms with van der Waals surface area (Å²) in [6.45, 7) is 6.29. The van der Waals surface area contributed by atoms with Gasteiger partial charge in [-0.05, 0) is 39.5 Å². The maximum Gasteiger partial charge on any atom is 0.192 e. The molecule has 1 saturated heterocycles. The molecule has 1 aromatic heterocycles. The Morgan fingerprint density at radius 1 is 1.33 bits per heavy atom. The topological polar surface area (TPSA) is 76.4 Å². The van der Waals surface area contributed by atoms with Gasteiger partial charge in [0, 0.05) is 26.2 Å². The third-order valence-electron chi connectivity index (χ3n) is 5.19. The number of aromatic nitrogens is 3. The van der Waals surface area contributed by atoms with E-state index in [-0.39, 0.29) is 5.60 Å². The number of hydrogen-bond donors (Lipinski definition) is 2. The Morgan fingerprint density at radius 3 is 2.75 bits per heavy atom. The van der Waals surface area contributed by atoms with E-state index in [1.54, 1.807) is 0 Å². The van der Waals surface area contributed by atoms with Gasteiger partial charge in [-0.3, -0.25) is 0 Å². The first kappa shape index (κ1) is 17.2. The largest absolute Gasteiger partial charge is 0.373 e. The van der Waals surface area contributed by atoms with Crippen LogP contribution in [0.4, 0.5) is 0 Å². The molecule has 0 spiro atoms. The van der Waals surface area contributed by atoms with Gasteiger partial charge in [0.05, 0.1) is 5.60 Å². The highest BCUT2D eigenvalue weighted by Gasteiger charge is 2.30. The number of aryl methyl sites for hydroxylation is 1. The van der Waals surface area contributed by atoms with Crippen molar-refractivity contribution in [2.75, 3.05) is 13.2 Å². The minimum Gasteiger partial charge on any atom is -0.373 e. The average molecular weight is 334 g/mol. The summed E-state index contributed by atoms with van der Waals surface area (Å²) in [6.07, 6.45) is 7.27. The van der Waals surface area contributed by atoms with Crippen LogP contribution in [-0.2, 0) is 18.3 Å². The Bertz CT molecular complexity index is 570. The monoisotopic (exact) mass is 334 g/mol. The lowest BCUT2D eigenvalue weighted by atomic mass is 10.0. The predicted molar refractivity (Wildman–Crippen MR) is 93.9 cm³/mol.